The van der Waals surface area contributed by atoms with Crippen molar-refractivity contribution in [2.24, 2.45) is 0 Å². The molecule has 0 N–H and O–H groups in total. The van der Waals surface area contributed by atoms with Crippen molar-refractivity contribution in [3.05, 3.63) is 200 Å². The van der Waals surface area contributed by atoms with Crippen molar-refractivity contribution in [2.45, 2.75) is 0 Å². The summed E-state index contributed by atoms with van der Waals surface area (Å²) >= 11 is 0. The Labute approximate surface area is 333 Å². The van der Waals surface area contributed by atoms with Gasteiger partial charge in [-0.05, 0) is 87.6 Å². The van der Waals surface area contributed by atoms with Crippen LogP contribution in [0.4, 0.5) is 0 Å². The van der Waals surface area contributed by atoms with E-state index in [9.17, 15) is 0 Å². The van der Waals surface area contributed by atoms with E-state index < -0.39 is 0 Å². The third kappa shape index (κ3) is 4.93. The van der Waals surface area contributed by atoms with Gasteiger partial charge in [0, 0.05) is 39.0 Å². The maximum atomic E-state index is 5.32. The number of nitrogens with zero attached hydrogens (tertiary/aromatic N) is 5. The summed E-state index contributed by atoms with van der Waals surface area (Å²) in [4.78, 5) is 15.3. The maximum Gasteiger partial charge on any atom is 0.235 e. The lowest BCUT2D eigenvalue weighted by molar-refractivity contribution is 1.01. The Morgan fingerprint density at radius 1 is 0.362 bits per heavy atom. The largest absolute Gasteiger partial charge is 0.309 e. The molecule has 0 aliphatic carbocycles. The minimum Gasteiger partial charge on any atom is -0.309 e. The van der Waals surface area contributed by atoms with Crippen molar-refractivity contribution in [1.29, 1.82) is 0 Å². The van der Waals surface area contributed by atoms with Crippen molar-refractivity contribution >= 4 is 65.4 Å². The molecular weight excluding hydrogens is 707 g/mol. The average Bonchev–Trinajstić information content (AvgIpc) is 3.82. The van der Waals surface area contributed by atoms with E-state index in [0.29, 0.717) is 5.95 Å². The molecule has 4 aromatic heterocycles. The highest BCUT2D eigenvalue weighted by Crippen LogP contribution is 2.43. The van der Waals surface area contributed by atoms with Gasteiger partial charge in [-0.2, -0.15) is 0 Å². The summed E-state index contributed by atoms with van der Waals surface area (Å²) in [5.74, 6) is 0.612. The molecule has 0 bridgehead atoms. The average molecular weight is 740 g/mol. The van der Waals surface area contributed by atoms with E-state index in [1.165, 1.54) is 43.7 Å². The molecule has 0 unspecified atom stereocenters. The van der Waals surface area contributed by atoms with Gasteiger partial charge in [0.15, 0.2) is 0 Å². The first-order chi connectivity index (χ1) is 28.8. The van der Waals surface area contributed by atoms with Crippen LogP contribution in [0, 0.1) is 0 Å². The highest BCUT2D eigenvalue weighted by Gasteiger charge is 2.21. The monoisotopic (exact) mass is 739 g/mol. The SMILES string of the molecule is c1ccc(-c2ccc(-c3nc(-n4c5ccccc5c5cc(-c6cc7c(c8ccccc68)c6ccccc6n7-c6ccccc6)ccc54)nc4cccnc34)cc2)cc1. The fourth-order valence-electron chi connectivity index (χ4n) is 8.99. The van der Waals surface area contributed by atoms with E-state index in [-0.39, 0.29) is 0 Å². The maximum absolute atomic E-state index is 5.32. The lowest BCUT2D eigenvalue weighted by Gasteiger charge is -2.13. The molecule has 0 amide bonds. The summed E-state index contributed by atoms with van der Waals surface area (Å²) in [5, 5.41) is 7.27. The van der Waals surface area contributed by atoms with Gasteiger partial charge in [0.05, 0.1) is 27.6 Å². The number of hydrogen-bond donors (Lipinski definition) is 0. The van der Waals surface area contributed by atoms with Crippen LogP contribution in [-0.4, -0.2) is 24.1 Å². The third-order valence-corrected chi connectivity index (χ3v) is 11.6. The normalized spacial score (nSPS) is 11.8. The second-order valence-electron chi connectivity index (χ2n) is 14.8. The smallest absolute Gasteiger partial charge is 0.235 e. The molecule has 0 aliphatic heterocycles. The fourth-order valence-corrected chi connectivity index (χ4v) is 8.99. The highest BCUT2D eigenvalue weighted by atomic mass is 15.2. The van der Waals surface area contributed by atoms with Gasteiger partial charge in [-0.15, -0.1) is 0 Å². The topological polar surface area (TPSA) is 48.5 Å². The Bertz CT molecular complexity index is 3550. The van der Waals surface area contributed by atoms with E-state index in [2.05, 4.69) is 185 Å². The quantitative estimate of drug-likeness (QED) is 0.177. The van der Waals surface area contributed by atoms with Crippen molar-refractivity contribution in [3.63, 3.8) is 0 Å². The van der Waals surface area contributed by atoms with Crippen LogP contribution in [0.2, 0.25) is 0 Å². The molecular formula is C53H33N5. The minimum absolute atomic E-state index is 0.612. The molecule has 0 atom stereocenters. The number of aromatic nitrogens is 5. The molecule has 0 spiro atoms. The first-order valence-corrected chi connectivity index (χ1v) is 19.6. The molecule has 0 saturated heterocycles. The van der Waals surface area contributed by atoms with Crippen molar-refractivity contribution in [3.8, 4) is 45.1 Å². The highest BCUT2D eigenvalue weighted by molar-refractivity contribution is 6.24. The summed E-state index contributed by atoms with van der Waals surface area (Å²) in [6.07, 6.45) is 1.82. The summed E-state index contributed by atoms with van der Waals surface area (Å²) < 4.78 is 4.61. The molecule has 0 fully saturated rings. The van der Waals surface area contributed by atoms with Crippen LogP contribution in [-0.2, 0) is 0 Å². The second-order valence-corrected chi connectivity index (χ2v) is 14.8. The van der Waals surface area contributed by atoms with Gasteiger partial charge >= 0.3 is 0 Å². The molecule has 5 heteroatoms. The molecule has 8 aromatic carbocycles. The Balaban J connectivity index is 1.08. The Kier molecular flexibility index (Phi) is 7.16. The van der Waals surface area contributed by atoms with Gasteiger partial charge in [-0.1, -0.05) is 140 Å². The van der Waals surface area contributed by atoms with Crippen LogP contribution in [0.3, 0.4) is 0 Å². The van der Waals surface area contributed by atoms with Crippen LogP contribution in [0.5, 0.6) is 0 Å². The summed E-state index contributed by atoms with van der Waals surface area (Å²) in [6.45, 7) is 0. The number of para-hydroxylation sites is 3. The first kappa shape index (κ1) is 32.4. The number of benzene rings is 8. The lowest BCUT2D eigenvalue weighted by atomic mass is 9.94. The Hall–Kier alpha value is -7.89. The summed E-state index contributed by atoms with van der Waals surface area (Å²) in [5.41, 5.74) is 13.7. The molecule has 0 saturated carbocycles. The zero-order valence-corrected chi connectivity index (χ0v) is 31.3. The zero-order chi connectivity index (χ0) is 38.2. The van der Waals surface area contributed by atoms with E-state index in [4.69, 9.17) is 15.0 Å². The van der Waals surface area contributed by atoms with E-state index in [1.807, 2.05) is 24.4 Å². The van der Waals surface area contributed by atoms with Gasteiger partial charge in [-0.25, -0.2) is 9.97 Å². The van der Waals surface area contributed by atoms with Crippen LogP contribution in [0.15, 0.2) is 200 Å². The Morgan fingerprint density at radius 3 is 1.76 bits per heavy atom. The molecule has 0 radical (unpaired) electrons. The molecule has 12 rings (SSSR count). The number of fused-ring (bicyclic) bond motifs is 9. The number of rotatable bonds is 5. The van der Waals surface area contributed by atoms with Crippen molar-refractivity contribution in [1.82, 2.24) is 24.1 Å². The molecule has 5 nitrogen and oxygen atoms in total. The van der Waals surface area contributed by atoms with Gasteiger partial charge in [0.25, 0.3) is 0 Å². The summed E-state index contributed by atoms with van der Waals surface area (Å²) in [7, 11) is 0. The predicted molar refractivity (Wildman–Crippen MR) is 240 cm³/mol. The predicted octanol–water partition coefficient (Wildman–Crippen LogP) is 13.4. The van der Waals surface area contributed by atoms with Crippen molar-refractivity contribution in [2.75, 3.05) is 0 Å². The standard InChI is InChI=1S/C53H33N5/c1-3-14-34(15-4-1)35-25-27-36(28-26-35)51-52-45(22-13-31-54-52)55-53(56-51)58-46-23-11-9-19-40(46)44-32-37(29-30-48(44)58)43-33-49-50(41-20-8-7-18-39(41)43)42-21-10-12-24-47(42)57(49)38-16-5-2-6-17-38/h1-33H. The van der Waals surface area contributed by atoms with Crippen LogP contribution in [0.1, 0.15) is 0 Å². The molecule has 58 heavy (non-hydrogen) atoms. The minimum atomic E-state index is 0.612. The van der Waals surface area contributed by atoms with E-state index >= 15 is 0 Å². The van der Waals surface area contributed by atoms with E-state index in [1.54, 1.807) is 0 Å². The summed E-state index contributed by atoms with van der Waals surface area (Å²) in [6, 6.07) is 69.1. The molecule has 4 heterocycles. The molecule has 0 aliphatic rings. The number of hydrogen-bond acceptors (Lipinski definition) is 3. The third-order valence-electron chi connectivity index (χ3n) is 11.6. The number of pyridine rings is 1. The van der Waals surface area contributed by atoms with Crippen molar-refractivity contribution < 1.29 is 0 Å². The van der Waals surface area contributed by atoms with Crippen LogP contribution >= 0.6 is 0 Å². The zero-order valence-electron chi connectivity index (χ0n) is 31.3. The van der Waals surface area contributed by atoms with Gasteiger partial charge in [0.1, 0.15) is 11.2 Å². The molecule has 270 valence electrons. The van der Waals surface area contributed by atoms with Crippen LogP contribution < -0.4 is 0 Å². The first-order valence-electron chi connectivity index (χ1n) is 19.6. The molecule has 12 aromatic rings. The van der Waals surface area contributed by atoms with Crippen LogP contribution in [0.25, 0.3) is 111 Å². The van der Waals surface area contributed by atoms with Gasteiger partial charge < -0.3 is 4.57 Å². The lowest BCUT2D eigenvalue weighted by Crippen LogP contribution is -2.04. The second kappa shape index (κ2) is 12.8. The Morgan fingerprint density at radius 2 is 0.966 bits per heavy atom. The van der Waals surface area contributed by atoms with E-state index in [0.717, 1.165) is 60.9 Å². The van der Waals surface area contributed by atoms with Gasteiger partial charge in [-0.3, -0.25) is 9.55 Å². The van der Waals surface area contributed by atoms with Gasteiger partial charge in [0.2, 0.25) is 5.95 Å². The fraction of sp³-hybridized carbons (Fsp3) is 0.